The minimum Gasteiger partial charge on any atom is -0.495 e. The first-order chi connectivity index (χ1) is 12.2. The molecular weight excluding hydrogens is 340 g/mol. The number of hydrogen-bond acceptors (Lipinski definition) is 7. The number of benzene rings is 2. The lowest BCUT2D eigenvalue weighted by Gasteiger charge is -2.10. The van der Waals surface area contributed by atoms with Gasteiger partial charge in [-0.05, 0) is 30.3 Å². The van der Waals surface area contributed by atoms with Gasteiger partial charge in [0.15, 0.2) is 5.82 Å². The van der Waals surface area contributed by atoms with E-state index in [4.69, 9.17) is 21.6 Å². The number of rotatable bonds is 5. The fourth-order valence-corrected chi connectivity index (χ4v) is 2.38. The van der Waals surface area contributed by atoms with Crippen molar-refractivity contribution < 1.29 is 4.74 Å². The van der Waals surface area contributed by atoms with Crippen LogP contribution < -0.4 is 15.4 Å². The van der Waals surface area contributed by atoms with E-state index in [0.717, 1.165) is 5.69 Å². The molecule has 2 N–H and O–H groups in total. The van der Waals surface area contributed by atoms with Gasteiger partial charge >= 0.3 is 0 Å². The lowest BCUT2D eigenvalue weighted by atomic mass is 10.2. The molecule has 25 heavy (non-hydrogen) atoms. The number of nitriles is 1. The highest BCUT2D eigenvalue weighted by molar-refractivity contribution is 6.32. The van der Waals surface area contributed by atoms with Gasteiger partial charge in [-0.3, -0.25) is 0 Å². The lowest BCUT2D eigenvalue weighted by Crippen LogP contribution is -2.03. The van der Waals surface area contributed by atoms with Crippen molar-refractivity contribution in [2.45, 2.75) is 0 Å². The molecule has 0 spiro atoms. The van der Waals surface area contributed by atoms with Gasteiger partial charge in [0.2, 0.25) is 5.95 Å². The van der Waals surface area contributed by atoms with E-state index in [2.05, 4.69) is 31.9 Å². The van der Waals surface area contributed by atoms with Crippen LogP contribution >= 0.6 is 11.6 Å². The molecule has 0 saturated heterocycles. The number of methoxy groups -OCH3 is 1. The molecule has 0 atom stereocenters. The van der Waals surface area contributed by atoms with Gasteiger partial charge in [0.1, 0.15) is 11.8 Å². The van der Waals surface area contributed by atoms with Crippen molar-refractivity contribution in [2.24, 2.45) is 0 Å². The third-order valence-electron chi connectivity index (χ3n) is 3.28. The van der Waals surface area contributed by atoms with Gasteiger partial charge in [0, 0.05) is 5.69 Å². The highest BCUT2D eigenvalue weighted by atomic mass is 35.5. The van der Waals surface area contributed by atoms with Crippen molar-refractivity contribution in [3.05, 3.63) is 59.2 Å². The molecule has 0 bridgehead atoms. The van der Waals surface area contributed by atoms with Gasteiger partial charge in [-0.2, -0.15) is 15.3 Å². The topological polar surface area (TPSA) is 95.8 Å². The van der Waals surface area contributed by atoms with Crippen LogP contribution in [0.1, 0.15) is 5.56 Å². The van der Waals surface area contributed by atoms with Crippen LogP contribution in [0.2, 0.25) is 5.02 Å². The molecule has 0 radical (unpaired) electrons. The Bertz CT molecular complexity index is 940. The molecule has 0 saturated carbocycles. The molecular formula is C17H13ClN6O. The van der Waals surface area contributed by atoms with Crippen LogP contribution in [0.25, 0.3) is 0 Å². The Balaban J connectivity index is 1.80. The molecule has 3 aromatic rings. The molecule has 0 aliphatic heterocycles. The quantitative estimate of drug-likeness (QED) is 0.719. The number of anilines is 4. The third kappa shape index (κ3) is 3.94. The van der Waals surface area contributed by atoms with E-state index < -0.39 is 0 Å². The lowest BCUT2D eigenvalue weighted by molar-refractivity contribution is 0.415. The molecule has 0 aliphatic carbocycles. The minimum absolute atomic E-state index is 0.271. The number of hydrogen-bond donors (Lipinski definition) is 2. The van der Waals surface area contributed by atoms with E-state index in [0.29, 0.717) is 27.8 Å². The van der Waals surface area contributed by atoms with Crippen LogP contribution in [-0.2, 0) is 0 Å². The zero-order valence-electron chi connectivity index (χ0n) is 13.2. The van der Waals surface area contributed by atoms with E-state index in [1.54, 1.807) is 37.4 Å². The molecule has 8 heteroatoms. The zero-order valence-corrected chi connectivity index (χ0v) is 13.9. The van der Waals surface area contributed by atoms with Crippen LogP contribution in [0.3, 0.4) is 0 Å². The summed E-state index contributed by atoms with van der Waals surface area (Å²) in [6.45, 7) is 0. The highest BCUT2D eigenvalue weighted by Gasteiger charge is 2.07. The molecule has 1 heterocycles. The van der Waals surface area contributed by atoms with Crippen molar-refractivity contribution in [3.8, 4) is 11.8 Å². The summed E-state index contributed by atoms with van der Waals surface area (Å²) in [5.41, 5.74) is 1.83. The van der Waals surface area contributed by atoms with Crippen LogP contribution in [0.5, 0.6) is 5.75 Å². The Hall–Kier alpha value is -3.37. The van der Waals surface area contributed by atoms with Crippen LogP contribution in [0.4, 0.5) is 23.1 Å². The summed E-state index contributed by atoms with van der Waals surface area (Å²) in [4.78, 5) is 4.33. The van der Waals surface area contributed by atoms with Gasteiger partial charge in [-0.1, -0.05) is 23.7 Å². The maximum absolute atomic E-state index is 9.13. The van der Waals surface area contributed by atoms with E-state index in [9.17, 15) is 0 Å². The van der Waals surface area contributed by atoms with Crippen LogP contribution in [0.15, 0.2) is 48.7 Å². The second-order valence-corrected chi connectivity index (χ2v) is 5.33. The number of nitrogens with one attached hydrogen (secondary N) is 2. The Morgan fingerprint density at radius 1 is 1.16 bits per heavy atom. The molecule has 0 fully saturated rings. The number of nitrogens with zero attached hydrogens (tertiary/aromatic N) is 4. The Labute approximate surface area is 149 Å². The van der Waals surface area contributed by atoms with Crippen molar-refractivity contribution in [1.82, 2.24) is 15.2 Å². The molecule has 124 valence electrons. The summed E-state index contributed by atoms with van der Waals surface area (Å²) < 4.78 is 5.12. The predicted octanol–water partition coefficient (Wildman–Crippen LogP) is 3.89. The summed E-state index contributed by atoms with van der Waals surface area (Å²) in [5, 5.41) is 23.5. The van der Waals surface area contributed by atoms with Crippen molar-refractivity contribution in [1.29, 1.82) is 5.26 Å². The number of halogens is 1. The average Bonchev–Trinajstić information content (AvgIpc) is 2.63. The largest absolute Gasteiger partial charge is 0.495 e. The Morgan fingerprint density at radius 2 is 2.00 bits per heavy atom. The van der Waals surface area contributed by atoms with Crippen LogP contribution in [-0.4, -0.2) is 22.3 Å². The van der Waals surface area contributed by atoms with E-state index in [1.807, 2.05) is 12.1 Å². The zero-order chi connectivity index (χ0) is 17.6. The second kappa shape index (κ2) is 7.47. The maximum atomic E-state index is 9.13. The molecule has 0 unspecified atom stereocenters. The van der Waals surface area contributed by atoms with E-state index in [1.165, 1.54) is 6.20 Å². The van der Waals surface area contributed by atoms with Gasteiger partial charge < -0.3 is 15.4 Å². The van der Waals surface area contributed by atoms with Crippen molar-refractivity contribution >= 4 is 34.7 Å². The van der Waals surface area contributed by atoms with Crippen molar-refractivity contribution in [2.75, 3.05) is 17.7 Å². The second-order valence-electron chi connectivity index (χ2n) is 4.92. The molecule has 2 aromatic carbocycles. The fourth-order valence-electron chi connectivity index (χ4n) is 2.12. The Morgan fingerprint density at radius 3 is 2.76 bits per heavy atom. The molecule has 3 rings (SSSR count). The molecule has 0 amide bonds. The van der Waals surface area contributed by atoms with Crippen LogP contribution in [0, 0.1) is 11.3 Å². The third-order valence-corrected chi connectivity index (χ3v) is 3.57. The summed E-state index contributed by atoms with van der Waals surface area (Å²) in [5.74, 6) is 1.34. The summed E-state index contributed by atoms with van der Waals surface area (Å²) in [7, 11) is 1.56. The van der Waals surface area contributed by atoms with Crippen molar-refractivity contribution in [3.63, 3.8) is 0 Å². The molecule has 0 aliphatic rings. The van der Waals surface area contributed by atoms with E-state index >= 15 is 0 Å². The number of para-hydroxylation sites is 1. The first-order valence-electron chi connectivity index (χ1n) is 7.26. The first kappa shape index (κ1) is 16.5. The minimum atomic E-state index is 0.271. The fraction of sp³-hybridized carbons (Fsp3) is 0.0588. The molecule has 7 nitrogen and oxygen atoms in total. The standard InChI is InChI=1S/C17H13ClN6O/c1-25-15-7-6-12(8-13(15)18)21-16-10-20-24-17(23-16)22-14-5-3-2-4-11(14)9-19/h2-8,10H,1H3,(H2,21,22,23,24). The smallest absolute Gasteiger partial charge is 0.249 e. The summed E-state index contributed by atoms with van der Waals surface area (Å²) in [6.07, 6.45) is 1.49. The van der Waals surface area contributed by atoms with Gasteiger partial charge in [0.05, 0.1) is 29.6 Å². The van der Waals surface area contributed by atoms with Gasteiger partial charge in [-0.25, -0.2) is 0 Å². The Kier molecular flexibility index (Phi) is 4.92. The number of ether oxygens (including phenoxy) is 1. The maximum Gasteiger partial charge on any atom is 0.249 e. The molecule has 1 aromatic heterocycles. The van der Waals surface area contributed by atoms with Gasteiger partial charge in [0.25, 0.3) is 0 Å². The highest BCUT2D eigenvalue weighted by Crippen LogP contribution is 2.28. The normalized spacial score (nSPS) is 9.96. The number of aromatic nitrogens is 3. The van der Waals surface area contributed by atoms with Gasteiger partial charge in [-0.15, -0.1) is 5.10 Å². The SMILES string of the molecule is COc1ccc(Nc2cnnc(Nc3ccccc3C#N)n2)cc1Cl. The monoisotopic (exact) mass is 352 g/mol. The predicted molar refractivity (Wildman–Crippen MR) is 95.6 cm³/mol. The first-order valence-corrected chi connectivity index (χ1v) is 7.64. The average molecular weight is 353 g/mol. The van der Waals surface area contributed by atoms with E-state index in [-0.39, 0.29) is 5.95 Å². The summed E-state index contributed by atoms with van der Waals surface area (Å²) in [6, 6.07) is 14.5. The summed E-state index contributed by atoms with van der Waals surface area (Å²) >= 11 is 6.11.